The molecule has 1 aliphatic rings. The first kappa shape index (κ1) is 12.5. The number of hydrogen-bond donors (Lipinski definition) is 2. The zero-order valence-electron chi connectivity index (χ0n) is 9.16. The lowest BCUT2D eigenvalue weighted by atomic mass is 9.87. The third-order valence-corrected chi connectivity index (χ3v) is 3.19. The smallest absolute Gasteiger partial charge is 0.0772 e. The molecule has 3 heteroatoms. The summed E-state index contributed by atoms with van der Waals surface area (Å²) in [6, 6.07) is 8.34. The first-order valence-corrected chi connectivity index (χ1v) is 5.13. The van der Waals surface area contributed by atoms with Gasteiger partial charge in [0.15, 0.2) is 0 Å². The Hall–Kier alpha value is -0.570. The van der Waals surface area contributed by atoms with Crippen molar-refractivity contribution in [3.63, 3.8) is 0 Å². The summed E-state index contributed by atoms with van der Waals surface area (Å²) >= 11 is 0. The molecule has 0 radical (unpaired) electrons. The molecule has 1 heterocycles. The Morgan fingerprint density at radius 2 is 2.20 bits per heavy atom. The van der Waals surface area contributed by atoms with Gasteiger partial charge in [-0.05, 0) is 32.4 Å². The molecule has 1 aromatic rings. The van der Waals surface area contributed by atoms with E-state index in [0.29, 0.717) is 0 Å². The minimum absolute atomic E-state index is 0. The van der Waals surface area contributed by atoms with Gasteiger partial charge in [-0.2, -0.15) is 0 Å². The monoisotopic (exact) mass is 227 g/mol. The van der Waals surface area contributed by atoms with Gasteiger partial charge in [0.2, 0.25) is 0 Å². The lowest BCUT2D eigenvalue weighted by molar-refractivity contribution is 0.107. The molecule has 2 rings (SSSR count). The van der Waals surface area contributed by atoms with Crippen LogP contribution in [0.3, 0.4) is 0 Å². The first-order valence-electron chi connectivity index (χ1n) is 5.13. The summed E-state index contributed by atoms with van der Waals surface area (Å²) in [6.07, 6.45) is 0.564. The molecule has 15 heavy (non-hydrogen) atoms. The van der Waals surface area contributed by atoms with Gasteiger partial charge < -0.3 is 10.4 Å². The Bertz CT molecular complexity index is 342. The van der Waals surface area contributed by atoms with E-state index in [9.17, 15) is 5.11 Å². The summed E-state index contributed by atoms with van der Waals surface area (Å²) in [4.78, 5) is 0. The summed E-state index contributed by atoms with van der Waals surface area (Å²) in [5, 5.41) is 13.3. The van der Waals surface area contributed by atoms with Crippen molar-refractivity contribution in [2.45, 2.75) is 31.9 Å². The topological polar surface area (TPSA) is 32.3 Å². The standard InChI is InChI=1S/C12H17NO.ClH/c1-9-4-3-5-10(8-9)12(2)11(14)6-7-13-12;/h3-5,8,11,13-14H,6-7H2,1-2H3;1H. The van der Waals surface area contributed by atoms with E-state index in [0.717, 1.165) is 13.0 Å². The first-order chi connectivity index (χ1) is 6.63. The van der Waals surface area contributed by atoms with E-state index >= 15 is 0 Å². The van der Waals surface area contributed by atoms with Crippen molar-refractivity contribution >= 4 is 12.4 Å². The average molecular weight is 228 g/mol. The zero-order chi connectivity index (χ0) is 10.2. The molecule has 1 saturated heterocycles. The van der Waals surface area contributed by atoms with E-state index in [2.05, 4.69) is 37.4 Å². The third kappa shape index (κ3) is 2.17. The van der Waals surface area contributed by atoms with Crippen molar-refractivity contribution in [2.75, 3.05) is 6.54 Å². The Morgan fingerprint density at radius 3 is 2.73 bits per heavy atom. The third-order valence-electron chi connectivity index (χ3n) is 3.19. The quantitative estimate of drug-likeness (QED) is 0.769. The highest BCUT2D eigenvalue weighted by molar-refractivity contribution is 5.85. The number of aliphatic hydroxyl groups excluding tert-OH is 1. The molecular formula is C12H18ClNO. The molecule has 0 amide bonds. The predicted molar refractivity (Wildman–Crippen MR) is 64.4 cm³/mol. The van der Waals surface area contributed by atoms with Crippen LogP contribution in [-0.4, -0.2) is 17.8 Å². The molecule has 0 aromatic heterocycles. The molecule has 0 spiro atoms. The highest BCUT2D eigenvalue weighted by Gasteiger charge is 2.38. The minimum atomic E-state index is -0.274. The lowest BCUT2D eigenvalue weighted by Gasteiger charge is -2.29. The predicted octanol–water partition coefficient (Wildman–Crippen LogP) is 1.99. The molecule has 0 aliphatic carbocycles. The zero-order valence-corrected chi connectivity index (χ0v) is 9.97. The van der Waals surface area contributed by atoms with E-state index in [1.165, 1.54) is 11.1 Å². The lowest BCUT2D eigenvalue weighted by Crippen LogP contribution is -2.41. The van der Waals surface area contributed by atoms with Crippen LogP contribution in [0.1, 0.15) is 24.5 Å². The molecular weight excluding hydrogens is 210 g/mol. The highest BCUT2D eigenvalue weighted by atomic mass is 35.5. The minimum Gasteiger partial charge on any atom is -0.391 e. The second-order valence-electron chi connectivity index (χ2n) is 4.30. The van der Waals surface area contributed by atoms with Gasteiger partial charge in [0, 0.05) is 0 Å². The molecule has 2 atom stereocenters. The van der Waals surface area contributed by atoms with Crippen LogP contribution in [0.2, 0.25) is 0 Å². The van der Waals surface area contributed by atoms with Crippen LogP contribution >= 0.6 is 12.4 Å². The largest absolute Gasteiger partial charge is 0.391 e. The summed E-state index contributed by atoms with van der Waals surface area (Å²) in [5.41, 5.74) is 2.17. The molecule has 0 saturated carbocycles. The number of aryl methyl sites for hydroxylation is 1. The summed E-state index contributed by atoms with van der Waals surface area (Å²) < 4.78 is 0. The van der Waals surface area contributed by atoms with Gasteiger partial charge in [0.05, 0.1) is 11.6 Å². The van der Waals surface area contributed by atoms with Crippen molar-refractivity contribution in [3.8, 4) is 0 Å². The van der Waals surface area contributed by atoms with E-state index in [-0.39, 0.29) is 24.0 Å². The summed E-state index contributed by atoms with van der Waals surface area (Å²) in [5.74, 6) is 0. The Labute approximate surface area is 97.1 Å². The number of nitrogens with one attached hydrogen (secondary N) is 1. The fourth-order valence-corrected chi connectivity index (χ4v) is 2.14. The molecule has 1 aliphatic heterocycles. The second-order valence-corrected chi connectivity index (χ2v) is 4.30. The van der Waals surface area contributed by atoms with Crippen LogP contribution in [0.4, 0.5) is 0 Å². The number of hydrogen-bond acceptors (Lipinski definition) is 2. The van der Waals surface area contributed by atoms with E-state index in [1.54, 1.807) is 0 Å². The molecule has 84 valence electrons. The van der Waals surface area contributed by atoms with Gasteiger partial charge in [0.1, 0.15) is 0 Å². The van der Waals surface area contributed by atoms with Crippen LogP contribution in [0.5, 0.6) is 0 Å². The molecule has 2 unspecified atom stereocenters. The Balaban J connectivity index is 0.00000112. The summed E-state index contributed by atoms with van der Waals surface area (Å²) in [7, 11) is 0. The van der Waals surface area contributed by atoms with Crippen molar-refractivity contribution in [1.29, 1.82) is 0 Å². The molecule has 2 N–H and O–H groups in total. The number of halogens is 1. The van der Waals surface area contributed by atoms with Crippen LogP contribution in [0.25, 0.3) is 0 Å². The average Bonchev–Trinajstić information content (AvgIpc) is 2.49. The van der Waals surface area contributed by atoms with E-state index < -0.39 is 0 Å². The van der Waals surface area contributed by atoms with Crippen molar-refractivity contribution in [2.24, 2.45) is 0 Å². The highest BCUT2D eigenvalue weighted by Crippen LogP contribution is 2.30. The van der Waals surface area contributed by atoms with Crippen molar-refractivity contribution < 1.29 is 5.11 Å². The van der Waals surface area contributed by atoms with E-state index in [4.69, 9.17) is 0 Å². The SMILES string of the molecule is Cc1cccc(C2(C)NCCC2O)c1.Cl. The van der Waals surface area contributed by atoms with Crippen LogP contribution in [0.15, 0.2) is 24.3 Å². The summed E-state index contributed by atoms with van der Waals surface area (Å²) in [6.45, 7) is 5.04. The maximum Gasteiger partial charge on any atom is 0.0772 e. The maximum atomic E-state index is 9.93. The van der Waals surface area contributed by atoms with Crippen molar-refractivity contribution in [1.82, 2.24) is 5.32 Å². The van der Waals surface area contributed by atoms with Gasteiger partial charge >= 0.3 is 0 Å². The van der Waals surface area contributed by atoms with Crippen molar-refractivity contribution in [3.05, 3.63) is 35.4 Å². The number of aliphatic hydroxyl groups is 1. The van der Waals surface area contributed by atoms with Gasteiger partial charge in [-0.1, -0.05) is 29.8 Å². The fraction of sp³-hybridized carbons (Fsp3) is 0.500. The van der Waals surface area contributed by atoms with Gasteiger partial charge in [-0.25, -0.2) is 0 Å². The van der Waals surface area contributed by atoms with Gasteiger partial charge in [-0.3, -0.25) is 0 Å². The van der Waals surface area contributed by atoms with Crippen LogP contribution < -0.4 is 5.32 Å². The van der Waals surface area contributed by atoms with Crippen LogP contribution in [-0.2, 0) is 5.54 Å². The van der Waals surface area contributed by atoms with Gasteiger partial charge in [0.25, 0.3) is 0 Å². The molecule has 1 aromatic carbocycles. The molecule has 0 bridgehead atoms. The number of rotatable bonds is 1. The van der Waals surface area contributed by atoms with Crippen LogP contribution in [0, 0.1) is 6.92 Å². The fourth-order valence-electron chi connectivity index (χ4n) is 2.14. The van der Waals surface area contributed by atoms with Gasteiger partial charge in [-0.15, -0.1) is 12.4 Å². The molecule has 1 fully saturated rings. The Kier molecular flexibility index (Phi) is 3.77. The normalized spacial score (nSPS) is 29.9. The second kappa shape index (κ2) is 4.52. The maximum absolute atomic E-state index is 9.93. The number of benzene rings is 1. The van der Waals surface area contributed by atoms with E-state index in [1.807, 2.05) is 6.07 Å². The molecule has 2 nitrogen and oxygen atoms in total. The Morgan fingerprint density at radius 1 is 1.47 bits per heavy atom.